The third-order valence-corrected chi connectivity index (χ3v) is 3.42. The predicted molar refractivity (Wildman–Crippen MR) is 77.6 cm³/mol. The molecule has 7 nitrogen and oxygen atoms in total. The maximum absolute atomic E-state index is 11.9. The lowest BCUT2D eigenvalue weighted by Crippen LogP contribution is -2.43. The van der Waals surface area contributed by atoms with Gasteiger partial charge in [-0.05, 0) is 33.6 Å². The van der Waals surface area contributed by atoms with Crippen LogP contribution in [0.4, 0.5) is 4.79 Å². The van der Waals surface area contributed by atoms with Crippen molar-refractivity contribution in [3.05, 3.63) is 0 Å². The minimum absolute atomic E-state index is 0.0190. The maximum Gasteiger partial charge on any atom is 0.410 e. The van der Waals surface area contributed by atoms with Crippen LogP contribution in [0.5, 0.6) is 0 Å². The van der Waals surface area contributed by atoms with Gasteiger partial charge in [0.25, 0.3) is 10.1 Å². The first-order valence-corrected chi connectivity index (χ1v) is 8.82. The third-order valence-electron chi connectivity index (χ3n) is 2.83. The fourth-order valence-corrected chi connectivity index (χ4v) is 2.30. The summed E-state index contributed by atoms with van der Waals surface area (Å²) in [5.74, 6) is 0. The molecule has 0 saturated carbocycles. The first-order chi connectivity index (χ1) is 9.57. The number of carbonyl (C=O) groups is 1. The largest absolute Gasteiger partial charge is 0.444 e. The second-order valence-electron chi connectivity index (χ2n) is 6.06. The maximum atomic E-state index is 11.9. The SMILES string of the molecule is CC(C)(C)OC(=O)N1CCC(OCCOS(C)(=O)=O)CC1. The minimum Gasteiger partial charge on any atom is -0.444 e. The van der Waals surface area contributed by atoms with E-state index in [1.165, 1.54) is 0 Å². The molecule has 8 heteroatoms. The number of hydrogen-bond donors (Lipinski definition) is 0. The number of hydrogen-bond acceptors (Lipinski definition) is 6. The lowest BCUT2D eigenvalue weighted by atomic mass is 10.1. The van der Waals surface area contributed by atoms with Gasteiger partial charge in [0.05, 0.1) is 25.6 Å². The van der Waals surface area contributed by atoms with Crippen molar-refractivity contribution in [1.29, 1.82) is 0 Å². The topological polar surface area (TPSA) is 82.1 Å². The molecule has 0 aliphatic carbocycles. The molecule has 1 heterocycles. The Balaban J connectivity index is 2.22. The summed E-state index contributed by atoms with van der Waals surface area (Å²) in [4.78, 5) is 13.5. The summed E-state index contributed by atoms with van der Waals surface area (Å²) >= 11 is 0. The van der Waals surface area contributed by atoms with Gasteiger partial charge in [0.15, 0.2) is 0 Å². The molecule has 1 amide bonds. The molecule has 1 rings (SSSR count). The van der Waals surface area contributed by atoms with Gasteiger partial charge >= 0.3 is 6.09 Å². The highest BCUT2D eigenvalue weighted by Crippen LogP contribution is 2.17. The summed E-state index contributed by atoms with van der Waals surface area (Å²) in [5, 5.41) is 0. The van der Waals surface area contributed by atoms with Crippen LogP contribution in [0, 0.1) is 0 Å². The number of piperidine rings is 1. The van der Waals surface area contributed by atoms with Crippen LogP contribution in [-0.4, -0.2) is 63.7 Å². The zero-order chi connectivity index (χ0) is 16.1. The van der Waals surface area contributed by atoms with E-state index in [0.717, 1.165) is 6.26 Å². The second-order valence-corrected chi connectivity index (χ2v) is 7.71. The van der Waals surface area contributed by atoms with Crippen LogP contribution >= 0.6 is 0 Å². The number of likely N-dealkylation sites (tertiary alicyclic amines) is 1. The molecule has 124 valence electrons. The summed E-state index contributed by atoms with van der Waals surface area (Å²) in [6.45, 7) is 6.90. The molecule has 1 aliphatic heterocycles. The van der Waals surface area contributed by atoms with Gasteiger partial charge in [-0.1, -0.05) is 0 Å². The molecule has 1 fully saturated rings. The summed E-state index contributed by atoms with van der Waals surface area (Å²) in [6, 6.07) is 0. The van der Waals surface area contributed by atoms with Crippen molar-refractivity contribution >= 4 is 16.2 Å². The van der Waals surface area contributed by atoms with Gasteiger partial charge in [0.1, 0.15) is 5.60 Å². The van der Waals surface area contributed by atoms with E-state index in [0.29, 0.717) is 25.9 Å². The molecule has 0 aromatic rings. The van der Waals surface area contributed by atoms with Gasteiger partial charge in [-0.15, -0.1) is 0 Å². The van der Waals surface area contributed by atoms with E-state index < -0.39 is 15.7 Å². The van der Waals surface area contributed by atoms with Crippen LogP contribution in [-0.2, 0) is 23.8 Å². The number of amides is 1. The first kappa shape index (κ1) is 18.2. The number of rotatable bonds is 5. The monoisotopic (exact) mass is 323 g/mol. The molecule has 0 unspecified atom stereocenters. The Morgan fingerprint density at radius 2 is 1.76 bits per heavy atom. The smallest absolute Gasteiger partial charge is 0.410 e. The Hall–Kier alpha value is -0.860. The van der Waals surface area contributed by atoms with E-state index in [-0.39, 0.29) is 25.4 Å². The molecule has 0 spiro atoms. The van der Waals surface area contributed by atoms with Crippen molar-refractivity contribution < 1.29 is 26.9 Å². The number of ether oxygens (including phenoxy) is 2. The van der Waals surface area contributed by atoms with Crippen molar-refractivity contribution in [2.24, 2.45) is 0 Å². The van der Waals surface area contributed by atoms with Crippen molar-refractivity contribution in [2.45, 2.75) is 45.3 Å². The first-order valence-electron chi connectivity index (χ1n) is 7.01. The summed E-state index contributed by atoms with van der Waals surface area (Å²) in [7, 11) is -3.41. The molecular formula is C13H25NO6S. The van der Waals surface area contributed by atoms with Crippen molar-refractivity contribution in [3.8, 4) is 0 Å². The normalized spacial score (nSPS) is 17.8. The predicted octanol–water partition coefficient (Wildman–Crippen LogP) is 1.38. The van der Waals surface area contributed by atoms with Crippen LogP contribution in [0.3, 0.4) is 0 Å². The van der Waals surface area contributed by atoms with Gasteiger partial charge in [0, 0.05) is 13.1 Å². The number of nitrogens with zero attached hydrogens (tertiary/aromatic N) is 1. The zero-order valence-corrected chi connectivity index (χ0v) is 13.9. The van der Waals surface area contributed by atoms with E-state index in [1.54, 1.807) is 4.90 Å². The molecule has 0 atom stereocenters. The zero-order valence-electron chi connectivity index (χ0n) is 13.1. The third kappa shape index (κ3) is 8.23. The quantitative estimate of drug-likeness (QED) is 0.561. The Morgan fingerprint density at radius 3 is 2.24 bits per heavy atom. The molecule has 0 aromatic carbocycles. The van der Waals surface area contributed by atoms with Crippen LogP contribution in [0.2, 0.25) is 0 Å². The highest BCUT2D eigenvalue weighted by atomic mass is 32.2. The second kappa shape index (κ2) is 7.42. The molecule has 0 N–H and O–H groups in total. The fourth-order valence-electron chi connectivity index (χ4n) is 1.93. The molecule has 0 radical (unpaired) electrons. The molecule has 0 bridgehead atoms. The highest BCUT2D eigenvalue weighted by molar-refractivity contribution is 7.85. The Morgan fingerprint density at radius 1 is 1.19 bits per heavy atom. The number of carbonyl (C=O) groups excluding carboxylic acids is 1. The average molecular weight is 323 g/mol. The van der Waals surface area contributed by atoms with Crippen molar-refractivity contribution in [3.63, 3.8) is 0 Å². The van der Waals surface area contributed by atoms with E-state index in [2.05, 4.69) is 4.18 Å². The molecular weight excluding hydrogens is 298 g/mol. The van der Waals surface area contributed by atoms with E-state index in [9.17, 15) is 13.2 Å². The van der Waals surface area contributed by atoms with Crippen molar-refractivity contribution in [2.75, 3.05) is 32.6 Å². The van der Waals surface area contributed by atoms with Crippen LogP contribution in [0.25, 0.3) is 0 Å². The van der Waals surface area contributed by atoms with Crippen LogP contribution in [0.1, 0.15) is 33.6 Å². The van der Waals surface area contributed by atoms with E-state index in [4.69, 9.17) is 9.47 Å². The van der Waals surface area contributed by atoms with Gasteiger partial charge in [-0.3, -0.25) is 4.18 Å². The standard InChI is InChI=1S/C13H25NO6S/c1-13(2,3)20-12(15)14-7-5-11(6-8-14)18-9-10-19-21(4,16)17/h11H,5-10H2,1-4H3. The summed E-state index contributed by atoms with van der Waals surface area (Å²) in [5.41, 5.74) is -0.493. The van der Waals surface area contributed by atoms with Gasteiger partial charge in [0.2, 0.25) is 0 Å². The molecule has 1 saturated heterocycles. The average Bonchev–Trinajstić information content (AvgIpc) is 2.32. The lowest BCUT2D eigenvalue weighted by Gasteiger charge is -2.33. The fraction of sp³-hybridized carbons (Fsp3) is 0.923. The van der Waals surface area contributed by atoms with E-state index in [1.807, 2.05) is 20.8 Å². The van der Waals surface area contributed by atoms with Gasteiger partial charge in [-0.2, -0.15) is 8.42 Å². The molecule has 1 aliphatic rings. The van der Waals surface area contributed by atoms with Crippen LogP contribution < -0.4 is 0 Å². The van der Waals surface area contributed by atoms with Crippen LogP contribution in [0.15, 0.2) is 0 Å². The molecule has 0 aromatic heterocycles. The van der Waals surface area contributed by atoms with Gasteiger partial charge < -0.3 is 14.4 Å². The summed E-state index contributed by atoms with van der Waals surface area (Å²) in [6.07, 6.45) is 2.14. The Labute approximate surface area is 126 Å². The minimum atomic E-state index is -3.41. The Kier molecular flexibility index (Phi) is 6.42. The van der Waals surface area contributed by atoms with E-state index >= 15 is 0 Å². The Bertz CT molecular complexity index is 434. The van der Waals surface area contributed by atoms with Gasteiger partial charge in [-0.25, -0.2) is 4.79 Å². The summed E-state index contributed by atoms with van der Waals surface area (Å²) < 4.78 is 37.0. The highest BCUT2D eigenvalue weighted by Gasteiger charge is 2.27. The molecule has 21 heavy (non-hydrogen) atoms. The van der Waals surface area contributed by atoms with Crippen molar-refractivity contribution in [1.82, 2.24) is 4.90 Å². The lowest BCUT2D eigenvalue weighted by molar-refractivity contribution is -0.0173.